The average molecular weight is 295 g/mol. The summed E-state index contributed by atoms with van der Waals surface area (Å²) in [6, 6.07) is 3.44. The molecule has 1 rings (SSSR count). The first kappa shape index (κ1) is 17.3. The van der Waals surface area contributed by atoms with E-state index in [2.05, 4.69) is 25.7 Å². The molecule has 7 nitrogen and oxygen atoms in total. The van der Waals surface area contributed by atoms with Gasteiger partial charge in [0.15, 0.2) is 5.69 Å². The van der Waals surface area contributed by atoms with Gasteiger partial charge in [0.25, 0.3) is 5.91 Å². The first-order valence-corrected chi connectivity index (χ1v) is 7.13. The van der Waals surface area contributed by atoms with Crippen molar-refractivity contribution in [2.24, 2.45) is 0 Å². The summed E-state index contributed by atoms with van der Waals surface area (Å²) in [7, 11) is 5.72. The largest absolute Gasteiger partial charge is 0.385 e. The van der Waals surface area contributed by atoms with Gasteiger partial charge in [-0.2, -0.15) is 0 Å². The number of nitrogens with zero attached hydrogens (tertiary/aromatic N) is 3. The third kappa shape index (κ3) is 7.57. The number of hydrogen-bond acceptors (Lipinski definition) is 6. The molecule has 0 aliphatic rings. The zero-order valence-electron chi connectivity index (χ0n) is 13.1. The molecule has 1 aromatic rings. The van der Waals surface area contributed by atoms with Gasteiger partial charge in [-0.1, -0.05) is 0 Å². The van der Waals surface area contributed by atoms with Crippen molar-refractivity contribution in [3.63, 3.8) is 0 Å². The third-order valence-corrected chi connectivity index (χ3v) is 2.80. The van der Waals surface area contributed by atoms with Gasteiger partial charge in [-0.25, -0.2) is 0 Å². The molecule has 1 heterocycles. The van der Waals surface area contributed by atoms with Gasteiger partial charge < -0.3 is 20.3 Å². The minimum Gasteiger partial charge on any atom is -0.385 e. The molecule has 0 aliphatic heterocycles. The smallest absolute Gasteiger partial charge is 0.271 e. The zero-order valence-corrected chi connectivity index (χ0v) is 13.1. The van der Waals surface area contributed by atoms with Gasteiger partial charge in [0.05, 0.1) is 0 Å². The number of ether oxygens (including phenoxy) is 1. The minimum absolute atomic E-state index is 0.210. The number of anilines is 1. The Balaban J connectivity index is 2.30. The number of methoxy groups -OCH3 is 1. The van der Waals surface area contributed by atoms with Crippen LogP contribution >= 0.6 is 0 Å². The van der Waals surface area contributed by atoms with E-state index in [1.54, 1.807) is 19.2 Å². The molecule has 0 aliphatic carbocycles. The highest BCUT2D eigenvalue weighted by molar-refractivity contribution is 5.92. The van der Waals surface area contributed by atoms with E-state index in [4.69, 9.17) is 4.74 Å². The molecule has 1 amide bonds. The van der Waals surface area contributed by atoms with Crippen molar-refractivity contribution in [1.82, 2.24) is 20.4 Å². The van der Waals surface area contributed by atoms with Crippen molar-refractivity contribution in [3.05, 3.63) is 17.8 Å². The lowest BCUT2D eigenvalue weighted by atomic mass is 10.3. The lowest BCUT2D eigenvalue weighted by Gasteiger charge is -2.10. The van der Waals surface area contributed by atoms with Gasteiger partial charge in [-0.3, -0.25) is 4.79 Å². The maximum absolute atomic E-state index is 11.8. The summed E-state index contributed by atoms with van der Waals surface area (Å²) < 4.78 is 4.92. The van der Waals surface area contributed by atoms with E-state index in [1.807, 2.05) is 14.1 Å². The van der Waals surface area contributed by atoms with Crippen LogP contribution in [0.4, 0.5) is 5.82 Å². The van der Waals surface area contributed by atoms with Crippen LogP contribution in [0.2, 0.25) is 0 Å². The second-order valence-corrected chi connectivity index (χ2v) is 4.99. The molecule has 0 spiro atoms. The predicted octanol–water partition coefficient (Wildman–Crippen LogP) is 0.607. The molecule has 0 atom stereocenters. The topological polar surface area (TPSA) is 79.4 Å². The highest BCUT2D eigenvalue weighted by Gasteiger charge is 2.07. The molecule has 0 aromatic carbocycles. The fourth-order valence-electron chi connectivity index (χ4n) is 1.67. The van der Waals surface area contributed by atoms with Gasteiger partial charge in [0.2, 0.25) is 0 Å². The number of rotatable bonds is 10. The maximum atomic E-state index is 11.8. The first-order chi connectivity index (χ1) is 10.1. The van der Waals surface area contributed by atoms with Crippen LogP contribution in [0, 0.1) is 0 Å². The van der Waals surface area contributed by atoms with Gasteiger partial charge in [0, 0.05) is 26.8 Å². The fourth-order valence-corrected chi connectivity index (χ4v) is 1.67. The highest BCUT2D eigenvalue weighted by Crippen LogP contribution is 2.02. The molecule has 0 saturated heterocycles. The molecule has 7 heteroatoms. The lowest BCUT2D eigenvalue weighted by molar-refractivity contribution is 0.0942. The van der Waals surface area contributed by atoms with E-state index in [-0.39, 0.29) is 5.91 Å². The Kier molecular flexibility index (Phi) is 8.30. The Morgan fingerprint density at radius 1 is 1.24 bits per heavy atom. The molecule has 0 radical (unpaired) electrons. The van der Waals surface area contributed by atoms with Crippen LogP contribution in [0.1, 0.15) is 23.3 Å². The standard InChI is InChI=1S/C14H25N5O2/c1-19(2)10-4-8-15-13-7-6-12(17-18-13)14(20)16-9-5-11-21-3/h6-7H,4-5,8-11H2,1-3H3,(H,15,18)(H,16,20). The van der Waals surface area contributed by atoms with Gasteiger partial charge in [0.1, 0.15) is 5.82 Å². The number of amides is 1. The minimum atomic E-state index is -0.210. The summed E-state index contributed by atoms with van der Waals surface area (Å²) in [4.78, 5) is 13.9. The van der Waals surface area contributed by atoms with Crippen molar-refractivity contribution in [3.8, 4) is 0 Å². The SMILES string of the molecule is COCCCNC(=O)c1ccc(NCCCN(C)C)nn1. The van der Waals surface area contributed by atoms with Crippen LogP contribution in [0.5, 0.6) is 0 Å². The summed E-state index contributed by atoms with van der Waals surface area (Å²) in [6.07, 6.45) is 1.80. The monoisotopic (exact) mass is 295 g/mol. The van der Waals surface area contributed by atoms with Crippen molar-refractivity contribution >= 4 is 11.7 Å². The van der Waals surface area contributed by atoms with Crippen molar-refractivity contribution in [2.75, 3.05) is 52.8 Å². The van der Waals surface area contributed by atoms with Crippen LogP contribution in [-0.2, 0) is 4.74 Å². The average Bonchev–Trinajstić information content (AvgIpc) is 2.48. The van der Waals surface area contributed by atoms with E-state index in [0.717, 1.165) is 25.9 Å². The van der Waals surface area contributed by atoms with E-state index < -0.39 is 0 Å². The van der Waals surface area contributed by atoms with Crippen molar-refractivity contribution in [1.29, 1.82) is 0 Å². The summed E-state index contributed by atoms with van der Waals surface area (Å²) in [5.41, 5.74) is 0.325. The Bertz CT molecular complexity index is 408. The Morgan fingerprint density at radius 3 is 2.67 bits per heavy atom. The van der Waals surface area contributed by atoms with E-state index >= 15 is 0 Å². The van der Waals surface area contributed by atoms with Crippen LogP contribution in [0.3, 0.4) is 0 Å². The van der Waals surface area contributed by atoms with Crippen LogP contribution in [0.25, 0.3) is 0 Å². The Hall–Kier alpha value is -1.73. The fraction of sp³-hybridized carbons (Fsp3) is 0.643. The lowest BCUT2D eigenvalue weighted by Crippen LogP contribution is -2.26. The summed E-state index contributed by atoms with van der Waals surface area (Å²) in [6.45, 7) is 3.04. The first-order valence-electron chi connectivity index (χ1n) is 7.13. The molecule has 0 unspecified atom stereocenters. The molecule has 0 fully saturated rings. The third-order valence-electron chi connectivity index (χ3n) is 2.80. The molecule has 0 bridgehead atoms. The second-order valence-electron chi connectivity index (χ2n) is 4.99. The van der Waals surface area contributed by atoms with Crippen molar-refractivity contribution in [2.45, 2.75) is 12.8 Å². The summed E-state index contributed by atoms with van der Waals surface area (Å²) >= 11 is 0. The van der Waals surface area contributed by atoms with E-state index in [9.17, 15) is 4.79 Å². The molecule has 118 valence electrons. The Labute approximate surface area is 126 Å². The zero-order chi connectivity index (χ0) is 15.5. The van der Waals surface area contributed by atoms with Gasteiger partial charge in [-0.15, -0.1) is 10.2 Å². The summed E-state index contributed by atoms with van der Waals surface area (Å²) in [5.74, 6) is 0.474. The van der Waals surface area contributed by atoms with Gasteiger partial charge >= 0.3 is 0 Å². The molecular weight excluding hydrogens is 270 g/mol. The number of carbonyl (C=O) groups is 1. The number of hydrogen-bond donors (Lipinski definition) is 2. The van der Waals surface area contributed by atoms with E-state index in [0.29, 0.717) is 24.7 Å². The predicted molar refractivity (Wildman–Crippen MR) is 82.5 cm³/mol. The molecule has 0 saturated carbocycles. The Morgan fingerprint density at radius 2 is 2.05 bits per heavy atom. The molecule has 2 N–H and O–H groups in total. The second kappa shape index (κ2) is 10.1. The number of aromatic nitrogens is 2. The summed E-state index contributed by atoms with van der Waals surface area (Å²) in [5, 5.41) is 13.9. The van der Waals surface area contributed by atoms with E-state index in [1.165, 1.54) is 0 Å². The molecule has 21 heavy (non-hydrogen) atoms. The molecular formula is C14H25N5O2. The number of carbonyl (C=O) groups excluding carboxylic acids is 1. The normalized spacial score (nSPS) is 10.7. The number of nitrogens with one attached hydrogen (secondary N) is 2. The van der Waals surface area contributed by atoms with Crippen LogP contribution < -0.4 is 10.6 Å². The maximum Gasteiger partial charge on any atom is 0.271 e. The van der Waals surface area contributed by atoms with Crippen LogP contribution in [0.15, 0.2) is 12.1 Å². The van der Waals surface area contributed by atoms with Gasteiger partial charge in [-0.05, 0) is 45.6 Å². The van der Waals surface area contributed by atoms with Crippen LogP contribution in [-0.4, -0.2) is 68.5 Å². The highest BCUT2D eigenvalue weighted by atomic mass is 16.5. The van der Waals surface area contributed by atoms with Crippen molar-refractivity contribution < 1.29 is 9.53 Å². The molecule has 1 aromatic heterocycles. The quantitative estimate of drug-likeness (QED) is 0.616.